The second kappa shape index (κ2) is 5.54. The van der Waals surface area contributed by atoms with Gasteiger partial charge in [0.2, 0.25) is 0 Å². The number of hydrogen-bond donors (Lipinski definition) is 1. The molecular weight excluding hydrogens is 278 g/mol. The van der Waals surface area contributed by atoms with E-state index in [1.807, 2.05) is 5.38 Å². The summed E-state index contributed by atoms with van der Waals surface area (Å²) in [5.41, 5.74) is 1.85. The molecule has 1 amide bonds. The zero-order valence-corrected chi connectivity index (χ0v) is 11.9. The summed E-state index contributed by atoms with van der Waals surface area (Å²) in [6.07, 6.45) is 4.26. The summed E-state index contributed by atoms with van der Waals surface area (Å²) in [6.45, 7) is 0.829. The van der Waals surface area contributed by atoms with E-state index in [9.17, 15) is 14.7 Å². The van der Waals surface area contributed by atoms with Gasteiger partial charge in [-0.3, -0.25) is 4.79 Å². The average molecular weight is 295 g/mol. The van der Waals surface area contributed by atoms with Crippen molar-refractivity contribution in [1.82, 2.24) is 4.90 Å². The molecule has 108 valence electrons. The lowest BCUT2D eigenvalue weighted by Crippen LogP contribution is -2.52. The molecule has 1 aromatic rings. The quantitative estimate of drug-likeness (QED) is 0.899. The van der Waals surface area contributed by atoms with Crippen molar-refractivity contribution in [3.8, 4) is 0 Å². The molecule has 0 spiro atoms. The van der Waals surface area contributed by atoms with E-state index < -0.39 is 12.0 Å². The van der Waals surface area contributed by atoms with Crippen LogP contribution in [0.15, 0.2) is 5.38 Å². The molecule has 6 heteroatoms. The Morgan fingerprint density at radius 3 is 2.95 bits per heavy atom. The van der Waals surface area contributed by atoms with Crippen LogP contribution in [0.25, 0.3) is 0 Å². The van der Waals surface area contributed by atoms with Crippen molar-refractivity contribution < 1.29 is 19.4 Å². The number of morpholine rings is 1. The first-order valence-electron chi connectivity index (χ1n) is 6.89. The summed E-state index contributed by atoms with van der Waals surface area (Å²) < 4.78 is 5.18. The number of carboxylic acid groups (broad SMARTS) is 1. The van der Waals surface area contributed by atoms with Gasteiger partial charge in [-0.05, 0) is 31.2 Å². The molecule has 1 aliphatic carbocycles. The molecule has 2 aliphatic rings. The Hall–Kier alpha value is -1.40. The van der Waals surface area contributed by atoms with Gasteiger partial charge in [0.05, 0.1) is 18.8 Å². The fourth-order valence-corrected chi connectivity index (χ4v) is 4.00. The molecule has 0 unspecified atom stereocenters. The number of rotatable bonds is 2. The predicted octanol–water partition coefficient (Wildman–Crippen LogP) is 1.55. The summed E-state index contributed by atoms with van der Waals surface area (Å²) in [5, 5.41) is 11.1. The van der Waals surface area contributed by atoms with Gasteiger partial charge in [0.25, 0.3) is 5.91 Å². The molecule has 1 aromatic heterocycles. The fraction of sp³-hybridized carbons (Fsp3) is 0.571. The lowest BCUT2D eigenvalue weighted by atomic mass is 9.95. The monoisotopic (exact) mass is 295 g/mol. The molecule has 20 heavy (non-hydrogen) atoms. The van der Waals surface area contributed by atoms with Gasteiger partial charge in [-0.25, -0.2) is 4.79 Å². The molecule has 1 atom stereocenters. The number of aryl methyl sites for hydroxylation is 1. The van der Waals surface area contributed by atoms with E-state index in [0.29, 0.717) is 18.7 Å². The van der Waals surface area contributed by atoms with E-state index in [0.717, 1.165) is 24.8 Å². The number of hydrogen-bond acceptors (Lipinski definition) is 4. The van der Waals surface area contributed by atoms with Crippen LogP contribution in [0.5, 0.6) is 0 Å². The van der Waals surface area contributed by atoms with Crippen molar-refractivity contribution in [2.24, 2.45) is 0 Å². The van der Waals surface area contributed by atoms with E-state index >= 15 is 0 Å². The Balaban J connectivity index is 1.87. The zero-order valence-electron chi connectivity index (χ0n) is 11.1. The zero-order chi connectivity index (χ0) is 14.1. The van der Waals surface area contributed by atoms with E-state index in [4.69, 9.17) is 4.74 Å². The van der Waals surface area contributed by atoms with Gasteiger partial charge in [0, 0.05) is 16.8 Å². The first kappa shape index (κ1) is 13.6. The lowest BCUT2D eigenvalue weighted by Gasteiger charge is -2.33. The minimum absolute atomic E-state index is 0.0768. The molecule has 2 heterocycles. The summed E-state index contributed by atoms with van der Waals surface area (Å²) in [4.78, 5) is 26.7. The number of aliphatic carboxylic acids is 1. The number of carboxylic acids is 1. The number of carbonyl (C=O) groups is 2. The number of fused-ring (bicyclic) bond motifs is 1. The molecule has 0 aromatic carbocycles. The first-order valence-corrected chi connectivity index (χ1v) is 7.77. The Kier molecular flexibility index (Phi) is 3.76. The molecule has 0 saturated carbocycles. The average Bonchev–Trinajstić information content (AvgIpc) is 2.90. The van der Waals surface area contributed by atoms with Gasteiger partial charge in [-0.2, -0.15) is 0 Å². The first-order chi connectivity index (χ1) is 9.68. The molecule has 1 aliphatic heterocycles. The van der Waals surface area contributed by atoms with E-state index in [1.165, 1.54) is 16.2 Å². The van der Waals surface area contributed by atoms with Gasteiger partial charge in [-0.1, -0.05) is 0 Å². The topological polar surface area (TPSA) is 66.8 Å². The second-order valence-electron chi connectivity index (χ2n) is 5.19. The Labute approximate surface area is 121 Å². The highest BCUT2D eigenvalue weighted by Gasteiger charge is 2.34. The van der Waals surface area contributed by atoms with E-state index in [1.54, 1.807) is 11.3 Å². The van der Waals surface area contributed by atoms with E-state index in [-0.39, 0.29) is 12.5 Å². The fourth-order valence-electron chi connectivity index (χ4n) is 2.88. The lowest BCUT2D eigenvalue weighted by molar-refractivity contribution is -0.147. The minimum atomic E-state index is -0.998. The van der Waals surface area contributed by atoms with Crippen molar-refractivity contribution in [2.45, 2.75) is 31.7 Å². The Bertz CT molecular complexity index is 539. The molecule has 0 radical (unpaired) electrons. The largest absolute Gasteiger partial charge is 0.480 e. The highest BCUT2D eigenvalue weighted by Crippen LogP contribution is 2.31. The van der Waals surface area contributed by atoms with Crippen molar-refractivity contribution in [3.05, 3.63) is 21.4 Å². The van der Waals surface area contributed by atoms with Crippen molar-refractivity contribution >= 4 is 23.2 Å². The number of nitrogens with zero attached hydrogens (tertiary/aromatic N) is 1. The number of amides is 1. The third-order valence-corrected chi connectivity index (χ3v) is 5.05. The molecule has 3 rings (SSSR count). The van der Waals surface area contributed by atoms with Crippen LogP contribution < -0.4 is 0 Å². The summed E-state index contributed by atoms with van der Waals surface area (Å²) in [6, 6.07) is -0.865. The van der Waals surface area contributed by atoms with Gasteiger partial charge < -0.3 is 14.7 Å². The molecule has 0 bridgehead atoms. The van der Waals surface area contributed by atoms with Crippen LogP contribution in [0.4, 0.5) is 0 Å². The third-order valence-electron chi connectivity index (χ3n) is 3.97. The molecule has 1 N–H and O–H groups in total. The van der Waals surface area contributed by atoms with Crippen molar-refractivity contribution in [2.75, 3.05) is 19.8 Å². The predicted molar refractivity (Wildman–Crippen MR) is 74.2 cm³/mol. The molecule has 1 fully saturated rings. The van der Waals surface area contributed by atoms with Gasteiger partial charge in [-0.15, -0.1) is 11.3 Å². The third kappa shape index (κ3) is 2.33. The van der Waals surface area contributed by atoms with Crippen LogP contribution in [-0.2, 0) is 22.4 Å². The summed E-state index contributed by atoms with van der Waals surface area (Å²) in [5.74, 6) is -1.15. The summed E-state index contributed by atoms with van der Waals surface area (Å²) >= 11 is 1.63. The van der Waals surface area contributed by atoms with Gasteiger partial charge in [0.15, 0.2) is 6.04 Å². The number of thiophene rings is 1. The van der Waals surface area contributed by atoms with Crippen LogP contribution >= 0.6 is 11.3 Å². The number of carbonyl (C=O) groups excluding carboxylic acids is 1. The molecular formula is C14H17NO4S. The smallest absolute Gasteiger partial charge is 0.328 e. The highest BCUT2D eigenvalue weighted by atomic mass is 32.1. The molecule has 1 saturated heterocycles. The van der Waals surface area contributed by atoms with Crippen LogP contribution in [0.1, 0.15) is 33.6 Å². The molecule has 5 nitrogen and oxygen atoms in total. The maximum atomic E-state index is 12.7. The Morgan fingerprint density at radius 1 is 1.35 bits per heavy atom. The normalized spacial score (nSPS) is 22.4. The van der Waals surface area contributed by atoms with Crippen LogP contribution in [0.2, 0.25) is 0 Å². The van der Waals surface area contributed by atoms with Crippen LogP contribution in [0.3, 0.4) is 0 Å². The van der Waals surface area contributed by atoms with Gasteiger partial charge in [0.1, 0.15) is 0 Å². The van der Waals surface area contributed by atoms with E-state index in [2.05, 4.69) is 0 Å². The Morgan fingerprint density at radius 2 is 2.15 bits per heavy atom. The number of ether oxygens (including phenoxy) is 1. The minimum Gasteiger partial charge on any atom is -0.480 e. The highest BCUT2D eigenvalue weighted by molar-refractivity contribution is 7.10. The second-order valence-corrected chi connectivity index (χ2v) is 6.15. The van der Waals surface area contributed by atoms with Crippen LogP contribution in [0, 0.1) is 0 Å². The SMILES string of the molecule is O=C(O)[C@@H]1COCCN1C(=O)c1csc2c1CCCC2. The van der Waals surface area contributed by atoms with Crippen molar-refractivity contribution in [3.63, 3.8) is 0 Å². The standard InChI is InChI=1S/C14H17NO4S/c16-13(15-5-6-19-7-11(15)14(17)18)10-8-20-12-4-2-1-3-9(10)12/h8,11H,1-7H2,(H,17,18)/t11-/m0/s1. The summed E-state index contributed by atoms with van der Waals surface area (Å²) in [7, 11) is 0. The van der Waals surface area contributed by atoms with Crippen molar-refractivity contribution in [1.29, 1.82) is 0 Å². The maximum absolute atomic E-state index is 12.7. The van der Waals surface area contributed by atoms with Crippen LogP contribution in [-0.4, -0.2) is 47.7 Å². The maximum Gasteiger partial charge on any atom is 0.328 e. The van der Waals surface area contributed by atoms with Gasteiger partial charge >= 0.3 is 5.97 Å².